The normalized spacial score (nSPS) is 19.9. The van der Waals surface area contributed by atoms with E-state index in [2.05, 4.69) is 6.58 Å². The second kappa shape index (κ2) is 7.02. The third-order valence-corrected chi connectivity index (χ3v) is 4.75. The van der Waals surface area contributed by atoms with Crippen molar-refractivity contribution >= 4 is 34.2 Å². The molecule has 0 aromatic heterocycles. The van der Waals surface area contributed by atoms with Gasteiger partial charge in [0, 0.05) is 5.75 Å². The van der Waals surface area contributed by atoms with E-state index >= 15 is 0 Å². The van der Waals surface area contributed by atoms with Gasteiger partial charge in [-0.05, 0) is 12.0 Å². The van der Waals surface area contributed by atoms with Gasteiger partial charge in [-0.2, -0.15) is 0 Å². The minimum Gasteiger partial charge on any atom is -0.389 e. The Labute approximate surface area is 128 Å². The summed E-state index contributed by atoms with van der Waals surface area (Å²) in [6, 6.07) is 10.1. The molecule has 1 amide bonds. The van der Waals surface area contributed by atoms with Gasteiger partial charge in [-0.3, -0.25) is 9.69 Å². The van der Waals surface area contributed by atoms with Gasteiger partial charge in [0.05, 0.1) is 18.6 Å². The number of thiocarbonyl (C=S) groups is 1. The summed E-state index contributed by atoms with van der Waals surface area (Å²) in [6.45, 7) is 3.49. The lowest BCUT2D eigenvalue weighted by Gasteiger charge is -2.24. The summed E-state index contributed by atoms with van der Waals surface area (Å²) >= 11 is 6.78. The molecule has 0 spiro atoms. The lowest BCUT2D eigenvalue weighted by Crippen LogP contribution is -2.41. The van der Waals surface area contributed by atoms with Gasteiger partial charge in [-0.1, -0.05) is 60.4 Å². The van der Waals surface area contributed by atoms with Crippen molar-refractivity contribution in [1.29, 1.82) is 0 Å². The van der Waals surface area contributed by atoms with Crippen molar-refractivity contribution in [3.05, 3.63) is 48.6 Å². The van der Waals surface area contributed by atoms with Gasteiger partial charge >= 0.3 is 0 Å². The molecule has 1 fully saturated rings. The van der Waals surface area contributed by atoms with Crippen LogP contribution in [0.5, 0.6) is 0 Å². The summed E-state index contributed by atoms with van der Waals surface area (Å²) in [7, 11) is 0. The molecule has 1 heterocycles. The summed E-state index contributed by atoms with van der Waals surface area (Å²) in [5, 5.41) is 9.54. The Bertz CT molecular complexity index is 504. The van der Waals surface area contributed by atoms with Gasteiger partial charge in [0.2, 0.25) is 5.91 Å². The molecule has 1 aliphatic rings. The summed E-state index contributed by atoms with van der Waals surface area (Å²) in [5.74, 6) is 0.678. The molecule has 2 rings (SSSR count). The number of amides is 1. The van der Waals surface area contributed by atoms with Gasteiger partial charge in [-0.25, -0.2) is 0 Å². The zero-order valence-electron chi connectivity index (χ0n) is 11.1. The largest absolute Gasteiger partial charge is 0.389 e. The average Bonchev–Trinajstić information content (AvgIpc) is 2.80. The van der Waals surface area contributed by atoms with E-state index in [0.717, 1.165) is 12.2 Å². The molecule has 1 aliphatic heterocycles. The highest BCUT2D eigenvalue weighted by molar-refractivity contribution is 8.23. The smallest absolute Gasteiger partial charge is 0.231 e. The van der Waals surface area contributed by atoms with Crippen molar-refractivity contribution in [3.63, 3.8) is 0 Å². The van der Waals surface area contributed by atoms with Crippen LogP contribution in [0, 0.1) is 0 Å². The molecule has 0 bridgehead atoms. The van der Waals surface area contributed by atoms with Crippen LogP contribution in [-0.2, 0) is 11.2 Å². The number of benzene rings is 1. The molecule has 5 heteroatoms. The third-order valence-electron chi connectivity index (χ3n) is 3.20. The number of aliphatic hydroxyl groups excluding tert-OH is 1. The quantitative estimate of drug-likeness (QED) is 0.670. The molecule has 0 radical (unpaired) electrons. The monoisotopic (exact) mass is 307 g/mol. The minimum absolute atomic E-state index is 0.0372. The maximum atomic E-state index is 12.2. The predicted molar refractivity (Wildman–Crippen MR) is 86.7 cm³/mol. The van der Waals surface area contributed by atoms with Gasteiger partial charge in [0.15, 0.2) is 0 Å². The third kappa shape index (κ3) is 3.69. The molecule has 1 aromatic rings. The van der Waals surface area contributed by atoms with Crippen LogP contribution in [0.25, 0.3) is 0 Å². The second-order valence-corrected chi connectivity index (χ2v) is 6.35. The minimum atomic E-state index is -0.812. The Morgan fingerprint density at radius 2 is 2.25 bits per heavy atom. The Morgan fingerprint density at radius 1 is 1.55 bits per heavy atom. The number of thioether (sulfide) groups is 1. The fourth-order valence-corrected chi connectivity index (χ4v) is 3.61. The van der Waals surface area contributed by atoms with Crippen LogP contribution in [0.15, 0.2) is 43.0 Å². The lowest BCUT2D eigenvalue weighted by atomic mass is 10.1. The first-order valence-corrected chi connectivity index (χ1v) is 7.84. The second-order valence-electron chi connectivity index (χ2n) is 4.69. The zero-order chi connectivity index (χ0) is 14.5. The highest BCUT2D eigenvalue weighted by Gasteiger charge is 2.34. The molecule has 1 saturated heterocycles. The number of rotatable bonds is 5. The van der Waals surface area contributed by atoms with Crippen LogP contribution in [0.4, 0.5) is 0 Å². The number of carbonyl (C=O) groups excluding carboxylic acids is 1. The molecule has 1 N–H and O–H groups in total. The average molecular weight is 307 g/mol. The first kappa shape index (κ1) is 15.2. The van der Waals surface area contributed by atoms with Crippen molar-refractivity contribution < 1.29 is 9.90 Å². The van der Waals surface area contributed by atoms with Crippen LogP contribution < -0.4 is 0 Å². The van der Waals surface area contributed by atoms with Crippen molar-refractivity contribution in [3.8, 4) is 0 Å². The molecule has 0 saturated carbocycles. The summed E-state index contributed by atoms with van der Waals surface area (Å²) in [6.07, 6.45) is 1.38. The van der Waals surface area contributed by atoms with Crippen LogP contribution in [0.1, 0.15) is 12.0 Å². The van der Waals surface area contributed by atoms with Crippen LogP contribution in [0.2, 0.25) is 0 Å². The van der Waals surface area contributed by atoms with Crippen molar-refractivity contribution in [1.82, 2.24) is 4.90 Å². The number of hydrogen-bond acceptors (Lipinski definition) is 4. The molecule has 0 unspecified atom stereocenters. The van der Waals surface area contributed by atoms with Gasteiger partial charge in [0.1, 0.15) is 4.32 Å². The molecule has 106 valence electrons. The van der Waals surface area contributed by atoms with E-state index in [1.165, 1.54) is 23.4 Å². The summed E-state index contributed by atoms with van der Waals surface area (Å²) in [4.78, 5) is 13.9. The molecular formula is C15H17NO2S2. The molecule has 2 atom stereocenters. The Morgan fingerprint density at radius 3 is 2.90 bits per heavy atom. The van der Waals surface area contributed by atoms with Crippen LogP contribution in [0.3, 0.4) is 0 Å². The fraction of sp³-hybridized carbons (Fsp3) is 0.333. The van der Waals surface area contributed by atoms with Crippen molar-refractivity contribution in [2.75, 3.05) is 5.75 Å². The number of hydrogen-bond donors (Lipinski definition) is 1. The number of aliphatic hydroxyl groups is 1. The SMILES string of the molecule is C=C[C@H](O)CC(=O)N1C(=S)SC[C@H]1Cc1ccccc1. The molecule has 20 heavy (non-hydrogen) atoms. The highest BCUT2D eigenvalue weighted by atomic mass is 32.2. The number of nitrogens with zero attached hydrogens (tertiary/aromatic N) is 1. The van der Waals surface area contributed by atoms with Gasteiger partial charge in [-0.15, -0.1) is 6.58 Å². The standard InChI is InChI=1S/C15H17NO2S2/c1-2-13(17)9-14(18)16-12(10-20-15(16)19)8-11-6-4-3-5-7-11/h2-7,12-13,17H,1,8-10H2/t12-,13+/m1/s1. The van der Waals surface area contributed by atoms with E-state index in [0.29, 0.717) is 4.32 Å². The van der Waals surface area contributed by atoms with Gasteiger partial charge < -0.3 is 5.11 Å². The maximum absolute atomic E-state index is 12.2. The predicted octanol–water partition coefficient (Wildman–Crippen LogP) is 2.40. The maximum Gasteiger partial charge on any atom is 0.231 e. The van der Waals surface area contributed by atoms with Crippen molar-refractivity contribution in [2.45, 2.75) is 25.0 Å². The van der Waals surface area contributed by atoms with Gasteiger partial charge in [0.25, 0.3) is 0 Å². The van der Waals surface area contributed by atoms with E-state index in [9.17, 15) is 9.90 Å². The first-order valence-electron chi connectivity index (χ1n) is 6.45. The molecular weight excluding hydrogens is 290 g/mol. The summed E-state index contributed by atoms with van der Waals surface area (Å²) < 4.78 is 0.604. The lowest BCUT2D eigenvalue weighted by molar-refractivity contribution is -0.129. The zero-order valence-corrected chi connectivity index (χ0v) is 12.7. The van der Waals surface area contributed by atoms with E-state index in [4.69, 9.17) is 12.2 Å². The van der Waals surface area contributed by atoms with Crippen molar-refractivity contribution in [2.24, 2.45) is 0 Å². The Kier molecular flexibility index (Phi) is 5.34. The van der Waals surface area contributed by atoms with E-state index < -0.39 is 6.10 Å². The molecule has 1 aromatic carbocycles. The topological polar surface area (TPSA) is 40.5 Å². The Balaban J connectivity index is 2.06. The molecule has 3 nitrogen and oxygen atoms in total. The number of carbonyl (C=O) groups is 1. The van der Waals surface area contributed by atoms with Crippen LogP contribution >= 0.6 is 24.0 Å². The fourth-order valence-electron chi connectivity index (χ4n) is 2.16. The first-order chi connectivity index (χ1) is 9.61. The van der Waals surface area contributed by atoms with E-state index in [-0.39, 0.29) is 18.4 Å². The summed E-state index contributed by atoms with van der Waals surface area (Å²) in [5.41, 5.74) is 1.19. The van der Waals surface area contributed by atoms with Crippen LogP contribution in [-0.4, -0.2) is 38.1 Å². The van der Waals surface area contributed by atoms with E-state index in [1.54, 1.807) is 4.90 Å². The highest BCUT2D eigenvalue weighted by Crippen LogP contribution is 2.27. The molecule has 0 aliphatic carbocycles. The van der Waals surface area contributed by atoms with E-state index in [1.807, 2.05) is 30.3 Å². The Hall–Kier alpha value is -1.17.